The minimum absolute atomic E-state index is 0.409. The summed E-state index contributed by atoms with van der Waals surface area (Å²) in [6, 6.07) is 7.25. The summed E-state index contributed by atoms with van der Waals surface area (Å²) in [5.41, 5.74) is 1.39. The Morgan fingerprint density at radius 3 is 2.77 bits per heavy atom. The molecule has 0 aliphatic heterocycles. The second-order valence-electron chi connectivity index (χ2n) is 4.37. The van der Waals surface area contributed by atoms with Crippen LogP contribution in [0.1, 0.15) is 11.1 Å². The van der Waals surface area contributed by atoms with Crippen molar-refractivity contribution in [2.45, 2.75) is 6.54 Å². The quantitative estimate of drug-likeness (QED) is 0.790. The van der Waals surface area contributed by atoms with Gasteiger partial charge in [-0.25, -0.2) is 9.97 Å². The lowest BCUT2D eigenvalue weighted by Crippen LogP contribution is -2.06. The van der Waals surface area contributed by atoms with Crippen LogP contribution in [-0.4, -0.2) is 30.3 Å². The van der Waals surface area contributed by atoms with Crippen molar-refractivity contribution in [2.24, 2.45) is 0 Å². The van der Waals surface area contributed by atoms with Gasteiger partial charge in [-0.1, -0.05) is 17.7 Å². The Bertz CT molecular complexity index is 656. The number of methoxy groups -OCH3 is 1. The first-order valence-corrected chi connectivity index (χ1v) is 6.97. The summed E-state index contributed by atoms with van der Waals surface area (Å²) < 4.78 is 10.3. The lowest BCUT2D eigenvalue weighted by Gasteiger charge is -2.08. The molecule has 0 radical (unpaired) electrons. The zero-order valence-electron chi connectivity index (χ0n) is 12.0. The van der Waals surface area contributed by atoms with Crippen LogP contribution in [0.25, 0.3) is 0 Å². The third-order valence-corrected chi connectivity index (χ3v) is 3.05. The molecule has 0 aliphatic rings. The lowest BCUT2D eigenvalue weighted by molar-refractivity contribution is 0.143. The molecule has 0 spiro atoms. The van der Waals surface area contributed by atoms with Gasteiger partial charge in [0.1, 0.15) is 18.5 Å². The van der Waals surface area contributed by atoms with E-state index in [0.29, 0.717) is 42.0 Å². The summed E-state index contributed by atoms with van der Waals surface area (Å²) in [5.74, 6) is 1.08. The number of nitrogens with zero attached hydrogens (tertiary/aromatic N) is 3. The van der Waals surface area contributed by atoms with E-state index in [1.807, 2.05) is 12.1 Å². The highest BCUT2D eigenvalue weighted by molar-refractivity contribution is 6.33. The summed E-state index contributed by atoms with van der Waals surface area (Å²) in [7, 11) is 1.62. The van der Waals surface area contributed by atoms with Crippen LogP contribution in [0, 0.1) is 11.3 Å². The van der Waals surface area contributed by atoms with Crippen molar-refractivity contribution in [3.8, 4) is 11.9 Å². The molecule has 0 aliphatic carbocycles. The Kier molecular flexibility index (Phi) is 5.95. The van der Waals surface area contributed by atoms with E-state index in [1.54, 1.807) is 25.4 Å². The normalized spacial score (nSPS) is 10.0. The Morgan fingerprint density at radius 1 is 1.27 bits per heavy atom. The average Bonchev–Trinajstić information content (AvgIpc) is 2.55. The summed E-state index contributed by atoms with van der Waals surface area (Å²) in [6.07, 6.45) is 3.19. The molecule has 0 atom stereocenters. The van der Waals surface area contributed by atoms with Crippen LogP contribution in [0.5, 0.6) is 5.88 Å². The fraction of sp³-hybridized carbons (Fsp3) is 0.267. The minimum atomic E-state index is 0.409. The zero-order valence-corrected chi connectivity index (χ0v) is 12.8. The van der Waals surface area contributed by atoms with Crippen LogP contribution in [-0.2, 0) is 11.3 Å². The molecule has 0 aromatic carbocycles. The van der Waals surface area contributed by atoms with Gasteiger partial charge in [-0.15, -0.1) is 0 Å². The van der Waals surface area contributed by atoms with E-state index < -0.39 is 0 Å². The zero-order chi connectivity index (χ0) is 15.8. The molecule has 1 N–H and O–H groups in total. The molecule has 2 aromatic heterocycles. The van der Waals surface area contributed by atoms with E-state index in [0.717, 1.165) is 5.56 Å². The second kappa shape index (κ2) is 8.17. The number of nitrogens with one attached hydrogen (secondary N) is 1. The fourth-order valence-electron chi connectivity index (χ4n) is 1.65. The van der Waals surface area contributed by atoms with Gasteiger partial charge in [0.2, 0.25) is 5.88 Å². The number of hydrogen-bond donors (Lipinski definition) is 1. The first-order chi connectivity index (χ1) is 10.7. The van der Waals surface area contributed by atoms with Crippen molar-refractivity contribution in [3.05, 3.63) is 46.7 Å². The molecule has 6 nitrogen and oxygen atoms in total. The molecule has 22 heavy (non-hydrogen) atoms. The molecule has 0 bridgehead atoms. The SMILES string of the molecule is COCCOc1ccc(CNc2ncc(C#N)cc2Cl)cn1. The third kappa shape index (κ3) is 4.58. The summed E-state index contributed by atoms with van der Waals surface area (Å²) in [6.45, 7) is 1.50. The highest BCUT2D eigenvalue weighted by atomic mass is 35.5. The summed E-state index contributed by atoms with van der Waals surface area (Å²) in [5, 5.41) is 12.3. The molecule has 2 rings (SSSR count). The molecule has 0 saturated carbocycles. The smallest absolute Gasteiger partial charge is 0.213 e. The number of pyridine rings is 2. The van der Waals surface area contributed by atoms with Gasteiger partial charge in [0.05, 0.1) is 17.2 Å². The molecule has 2 aromatic rings. The van der Waals surface area contributed by atoms with E-state index in [4.69, 9.17) is 26.3 Å². The van der Waals surface area contributed by atoms with Gasteiger partial charge in [-0.2, -0.15) is 5.26 Å². The van der Waals surface area contributed by atoms with Crippen molar-refractivity contribution in [1.29, 1.82) is 5.26 Å². The average molecular weight is 319 g/mol. The van der Waals surface area contributed by atoms with Gasteiger partial charge in [-0.3, -0.25) is 0 Å². The molecule has 0 fully saturated rings. The molecule has 114 valence electrons. The number of anilines is 1. The number of rotatable bonds is 7. The summed E-state index contributed by atoms with van der Waals surface area (Å²) in [4.78, 5) is 8.31. The number of halogens is 1. The van der Waals surface area contributed by atoms with Crippen LogP contribution in [0.2, 0.25) is 5.02 Å². The standard InChI is InChI=1S/C15H15ClN4O2/c1-21-4-5-22-14-3-2-11(8-18-14)9-19-15-13(16)6-12(7-17)10-20-15/h2-3,6,8,10H,4-5,9H2,1H3,(H,19,20). The number of ether oxygens (including phenoxy) is 2. The van der Waals surface area contributed by atoms with Crippen LogP contribution >= 0.6 is 11.6 Å². The maximum absolute atomic E-state index is 8.77. The van der Waals surface area contributed by atoms with Gasteiger partial charge in [0.15, 0.2) is 0 Å². The summed E-state index contributed by atoms with van der Waals surface area (Å²) >= 11 is 6.05. The van der Waals surface area contributed by atoms with Crippen molar-refractivity contribution in [2.75, 3.05) is 25.6 Å². The van der Waals surface area contributed by atoms with E-state index in [9.17, 15) is 0 Å². The largest absolute Gasteiger partial charge is 0.475 e. The molecule has 0 saturated heterocycles. The Hall–Kier alpha value is -2.36. The fourth-order valence-corrected chi connectivity index (χ4v) is 1.88. The molecule has 0 unspecified atom stereocenters. The highest BCUT2D eigenvalue weighted by Crippen LogP contribution is 2.20. The van der Waals surface area contributed by atoms with E-state index in [1.165, 1.54) is 6.20 Å². The number of hydrogen-bond acceptors (Lipinski definition) is 6. The first-order valence-electron chi connectivity index (χ1n) is 6.59. The van der Waals surface area contributed by atoms with Crippen molar-refractivity contribution >= 4 is 17.4 Å². The second-order valence-corrected chi connectivity index (χ2v) is 4.77. The lowest BCUT2D eigenvalue weighted by atomic mass is 10.2. The predicted octanol–water partition coefficient (Wildman–Crippen LogP) is 2.64. The molecule has 7 heteroatoms. The molecule has 2 heterocycles. The van der Waals surface area contributed by atoms with E-state index >= 15 is 0 Å². The van der Waals surface area contributed by atoms with Crippen LogP contribution in [0.4, 0.5) is 5.82 Å². The van der Waals surface area contributed by atoms with E-state index in [-0.39, 0.29) is 0 Å². The Balaban J connectivity index is 1.90. The molecule has 0 amide bonds. The maximum atomic E-state index is 8.77. The van der Waals surface area contributed by atoms with Crippen LogP contribution in [0.3, 0.4) is 0 Å². The Morgan fingerprint density at radius 2 is 2.14 bits per heavy atom. The van der Waals surface area contributed by atoms with Crippen LogP contribution in [0.15, 0.2) is 30.6 Å². The van der Waals surface area contributed by atoms with Crippen molar-refractivity contribution in [1.82, 2.24) is 9.97 Å². The van der Waals surface area contributed by atoms with E-state index in [2.05, 4.69) is 15.3 Å². The third-order valence-electron chi connectivity index (χ3n) is 2.77. The monoisotopic (exact) mass is 318 g/mol. The van der Waals surface area contributed by atoms with Gasteiger partial charge in [0, 0.05) is 32.1 Å². The van der Waals surface area contributed by atoms with Gasteiger partial charge in [0.25, 0.3) is 0 Å². The first kappa shape index (κ1) is 16.0. The topological polar surface area (TPSA) is 80.1 Å². The number of nitriles is 1. The minimum Gasteiger partial charge on any atom is -0.475 e. The van der Waals surface area contributed by atoms with Gasteiger partial charge < -0.3 is 14.8 Å². The molecular formula is C15H15ClN4O2. The number of aromatic nitrogens is 2. The van der Waals surface area contributed by atoms with Crippen LogP contribution < -0.4 is 10.1 Å². The van der Waals surface area contributed by atoms with Gasteiger partial charge in [-0.05, 0) is 11.6 Å². The molecular weight excluding hydrogens is 304 g/mol. The Labute approximate surface area is 133 Å². The predicted molar refractivity (Wildman–Crippen MR) is 82.9 cm³/mol. The van der Waals surface area contributed by atoms with Crippen molar-refractivity contribution in [3.63, 3.8) is 0 Å². The highest BCUT2D eigenvalue weighted by Gasteiger charge is 2.04. The maximum Gasteiger partial charge on any atom is 0.213 e. The van der Waals surface area contributed by atoms with Crippen molar-refractivity contribution < 1.29 is 9.47 Å². The van der Waals surface area contributed by atoms with Gasteiger partial charge >= 0.3 is 0 Å².